The fourth-order valence-electron chi connectivity index (χ4n) is 6.32. The summed E-state index contributed by atoms with van der Waals surface area (Å²) >= 11 is 3.88. The first kappa shape index (κ1) is 24.6. The molecular weight excluding hydrogens is 544 g/mol. The van der Waals surface area contributed by atoms with Gasteiger partial charge in [-0.2, -0.15) is 5.10 Å². The van der Waals surface area contributed by atoms with Crippen LogP contribution in [0.1, 0.15) is 61.6 Å². The van der Waals surface area contributed by atoms with Crippen molar-refractivity contribution in [3.8, 4) is 5.69 Å². The molecule has 0 spiro atoms. The second kappa shape index (κ2) is 9.83. The van der Waals surface area contributed by atoms with E-state index in [-0.39, 0.29) is 23.7 Å². The van der Waals surface area contributed by atoms with Crippen molar-refractivity contribution in [2.24, 2.45) is 5.92 Å². The summed E-state index contributed by atoms with van der Waals surface area (Å²) in [6.45, 7) is 1.31. The third-order valence-electron chi connectivity index (χ3n) is 8.12. The first-order valence-corrected chi connectivity index (χ1v) is 13.6. The molecule has 2 aromatic carbocycles. The summed E-state index contributed by atoms with van der Waals surface area (Å²) in [7, 11) is 1.44. The molecule has 1 saturated heterocycles. The molecule has 4 aromatic rings. The summed E-state index contributed by atoms with van der Waals surface area (Å²) in [6.07, 6.45) is 6.68. The largest absolute Gasteiger partial charge is 0.469 e. The summed E-state index contributed by atoms with van der Waals surface area (Å²) in [5.74, 6) is -1.56. The molecule has 1 aliphatic carbocycles. The minimum absolute atomic E-state index is 0.0879. The summed E-state index contributed by atoms with van der Waals surface area (Å²) < 4.78 is 42.3. The van der Waals surface area contributed by atoms with Gasteiger partial charge in [0.05, 0.1) is 34.7 Å². The summed E-state index contributed by atoms with van der Waals surface area (Å²) in [4.78, 5) is 12.2. The number of nitrogens with zero attached hydrogens (tertiary/aromatic N) is 2. The monoisotopic (exact) mass is 571 g/mol. The number of nitrogens with one attached hydrogen (secondary N) is 1. The van der Waals surface area contributed by atoms with E-state index in [2.05, 4.69) is 36.8 Å². The summed E-state index contributed by atoms with van der Waals surface area (Å²) in [6, 6.07) is 6.19. The smallest absolute Gasteiger partial charge is 0.308 e. The van der Waals surface area contributed by atoms with Crippen LogP contribution in [0.2, 0.25) is 0 Å². The van der Waals surface area contributed by atoms with Crippen molar-refractivity contribution in [1.82, 2.24) is 14.8 Å². The number of methoxy groups -OCH3 is 1. The van der Waals surface area contributed by atoms with Crippen molar-refractivity contribution in [2.45, 2.75) is 50.4 Å². The van der Waals surface area contributed by atoms with Gasteiger partial charge in [-0.3, -0.25) is 9.89 Å². The first-order chi connectivity index (χ1) is 18.0. The van der Waals surface area contributed by atoms with Gasteiger partial charge in [0.15, 0.2) is 11.6 Å². The lowest BCUT2D eigenvalue weighted by molar-refractivity contribution is -0.146. The third-order valence-corrected chi connectivity index (χ3v) is 8.92. The Morgan fingerprint density at radius 3 is 2.54 bits per heavy atom. The highest BCUT2D eigenvalue weighted by Crippen LogP contribution is 2.49. The van der Waals surface area contributed by atoms with Crippen LogP contribution < -0.4 is 0 Å². The van der Waals surface area contributed by atoms with Crippen molar-refractivity contribution < 1.29 is 23.0 Å². The molecule has 0 radical (unpaired) electrons. The molecule has 1 saturated carbocycles. The fraction of sp³-hybridized carbons (Fsp3) is 0.429. The SMILES string of the molecule is COC(=O)C1CCC(c2c(C3CCOCC3)n(-c3ccc(F)c(F)c3)c3cc4cn[nH]c4c(Br)c23)CC1. The minimum Gasteiger partial charge on any atom is -0.469 e. The number of hydrogen-bond acceptors (Lipinski definition) is 4. The molecule has 37 heavy (non-hydrogen) atoms. The maximum absolute atomic E-state index is 14.6. The molecule has 1 N–H and O–H groups in total. The van der Waals surface area contributed by atoms with Crippen LogP contribution in [0.3, 0.4) is 0 Å². The predicted octanol–water partition coefficient (Wildman–Crippen LogP) is 6.89. The van der Waals surface area contributed by atoms with Gasteiger partial charge in [0, 0.05) is 47.4 Å². The van der Waals surface area contributed by atoms with Gasteiger partial charge in [0.1, 0.15) is 0 Å². The molecule has 2 aliphatic rings. The number of rotatable bonds is 4. The average molecular weight is 572 g/mol. The van der Waals surface area contributed by atoms with E-state index in [4.69, 9.17) is 9.47 Å². The molecule has 194 valence electrons. The van der Waals surface area contributed by atoms with Crippen LogP contribution in [-0.2, 0) is 14.3 Å². The molecule has 2 aromatic heterocycles. The van der Waals surface area contributed by atoms with Crippen molar-refractivity contribution >= 4 is 43.7 Å². The van der Waals surface area contributed by atoms with Gasteiger partial charge in [-0.1, -0.05) is 0 Å². The number of ether oxygens (including phenoxy) is 2. The van der Waals surface area contributed by atoms with E-state index >= 15 is 0 Å². The number of esters is 1. The maximum Gasteiger partial charge on any atom is 0.308 e. The third kappa shape index (κ3) is 4.16. The van der Waals surface area contributed by atoms with Crippen molar-refractivity contribution in [1.29, 1.82) is 0 Å². The Balaban J connectivity index is 1.62. The number of aromatic nitrogens is 3. The van der Waals surface area contributed by atoms with Crippen LogP contribution >= 0.6 is 15.9 Å². The number of benzene rings is 2. The van der Waals surface area contributed by atoms with Crippen LogP contribution in [-0.4, -0.2) is 41.1 Å². The summed E-state index contributed by atoms with van der Waals surface area (Å²) in [5.41, 5.74) is 4.77. The van der Waals surface area contributed by atoms with Crippen LogP contribution in [0, 0.1) is 17.6 Å². The summed E-state index contributed by atoms with van der Waals surface area (Å²) in [5, 5.41) is 9.34. The van der Waals surface area contributed by atoms with Gasteiger partial charge in [0.25, 0.3) is 0 Å². The van der Waals surface area contributed by atoms with E-state index in [1.807, 2.05) is 0 Å². The van der Waals surface area contributed by atoms with Crippen LogP contribution in [0.4, 0.5) is 8.78 Å². The number of carbonyl (C=O) groups is 1. The molecule has 3 heterocycles. The predicted molar refractivity (Wildman–Crippen MR) is 140 cm³/mol. The molecule has 0 unspecified atom stereocenters. The van der Waals surface area contributed by atoms with Crippen molar-refractivity contribution in [3.63, 3.8) is 0 Å². The number of aromatic amines is 1. The zero-order chi connectivity index (χ0) is 25.7. The van der Waals surface area contributed by atoms with Crippen molar-refractivity contribution in [3.05, 3.63) is 57.8 Å². The number of hydrogen-bond donors (Lipinski definition) is 1. The highest BCUT2D eigenvalue weighted by Gasteiger charge is 2.35. The second-order valence-electron chi connectivity index (χ2n) is 10.1. The van der Waals surface area contributed by atoms with E-state index in [1.54, 1.807) is 12.3 Å². The van der Waals surface area contributed by atoms with Gasteiger partial charge >= 0.3 is 5.97 Å². The number of fused-ring (bicyclic) bond motifs is 2. The highest BCUT2D eigenvalue weighted by molar-refractivity contribution is 9.10. The number of carbonyl (C=O) groups excluding carboxylic acids is 1. The van der Waals surface area contributed by atoms with E-state index in [1.165, 1.54) is 24.8 Å². The molecule has 6 nitrogen and oxygen atoms in total. The first-order valence-electron chi connectivity index (χ1n) is 12.8. The lowest BCUT2D eigenvalue weighted by Gasteiger charge is -2.31. The van der Waals surface area contributed by atoms with Gasteiger partial charge in [-0.15, -0.1) is 0 Å². The van der Waals surface area contributed by atoms with Crippen LogP contribution in [0.15, 0.2) is 34.9 Å². The van der Waals surface area contributed by atoms with E-state index in [9.17, 15) is 13.6 Å². The Labute approximate surface area is 221 Å². The Kier molecular flexibility index (Phi) is 6.52. The Morgan fingerprint density at radius 1 is 1.08 bits per heavy atom. The molecule has 0 amide bonds. The lowest BCUT2D eigenvalue weighted by atomic mass is 9.76. The zero-order valence-electron chi connectivity index (χ0n) is 20.5. The van der Waals surface area contributed by atoms with Gasteiger partial charge in [0.2, 0.25) is 0 Å². The second-order valence-corrected chi connectivity index (χ2v) is 10.9. The van der Waals surface area contributed by atoms with E-state index in [0.29, 0.717) is 18.9 Å². The number of H-pyrrole nitrogens is 1. The van der Waals surface area contributed by atoms with E-state index < -0.39 is 11.6 Å². The molecule has 2 fully saturated rings. The molecule has 6 rings (SSSR count). The lowest BCUT2D eigenvalue weighted by Crippen LogP contribution is -2.24. The minimum atomic E-state index is -0.874. The zero-order valence-corrected chi connectivity index (χ0v) is 22.1. The molecule has 1 aliphatic heterocycles. The molecule has 0 bridgehead atoms. The Bertz CT molecular complexity index is 1480. The molecule has 0 atom stereocenters. The highest BCUT2D eigenvalue weighted by atomic mass is 79.9. The molecular formula is C28H28BrF2N3O3. The van der Waals surface area contributed by atoms with Gasteiger partial charge < -0.3 is 14.0 Å². The quantitative estimate of drug-likeness (QED) is 0.271. The van der Waals surface area contributed by atoms with Gasteiger partial charge in [-0.05, 0) is 84.1 Å². The van der Waals surface area contributed by atoms with Crippen LogP contribution in [0.25, 0.3) is 27.5 Å². The number of halogens is 3. The average Bonchev–Trinajstić information content (AvgIpc) is 3.54. The van der Waals surface area contributed by atoms with Crippen molar-refractivity contribution in [2.75, 3.05) is 20.3 Å². The standard InChI is InChI=1S/C28H28BrF2N3O3/c1-36-28(35)17-4-2-15(3-5-17)23-24-22(12-18-14-32-33-26(18)25(24)29)34(19-6-7-20(30)21(31)13-19)27(23)16-8-10-37-11-9-16/h6-7,12-17H,2-5,8-11H2,1H3,(H,32,33). The normalized spacial score (nSPS) is 21.1. The Morgan fingerprint density at radius 2 is 1.84 bits per heavy atom. The maximum atomic E-state index is 14.6. The molecule has 9 heteroatoms. The van der Waals surface area contributed by atoms with Crippen LogP contribution in [0.5, 0.6) is 0 Å². The topological polar surface area (TPSA) is 69.1 Å². The van der Waals surface area contributed by atoms with Gasteiger partial charge in [-0.25, -0.2) is 8.78 Å². The Hall–Kier alpha value is -2.78. The fourth-order valence-corrected chi connectivity index (χ4v) is 7.06. The van der Waals surface area contributed by atoms with E-state index in [0.717, 1.165) is 70.5 Å².